The fourth-order valence-corrected chi connectivity index (χ4v) is 53.9. The van der Waals surface area contributed by atoms with Crippen LogP contribution in [-0.2, 0) is 69.5 Å². The predicted octanol–water partition coefficient (Wildman–Crippen LogP) is 23.5. The number of carbonyl (C=O) groups excluding carboxylic acids is 6. The maximum Gasteiger partial charge on any atom is 0.331 e. The molecule has 0 spiro atoms. The van der Waals surface area contributed by atoms with Gasteiger partial charge in [0.05, 0.1) is 18.3 Å². The van der Waals surface area contributed by atoms with Crippen LogP contribution in [0.4, 0.5) is 0 Å². The number of ketones is 3. The first-order valence-electron chi connectivity index (χ1n) is 54.6. The summed E-state index contributed by atoms with van der Waals surface area (Å²) in [5, 5.41) is 6.09. The number of Topliss-reactive ketones (excluding diaryl/α,β-unsaturated/α-hetero) is 3. The van der Waals surface area contributed by atoms with Gasteiger partial charge in [-0.1, -0.05) is 334 Å². The second-order valence-corrected chi connectivity index (χ2v) is 75.8. The van der Waals surface area contributed by atoms with Crippen LogP contribution in [-0.4, -0.2) is 142 Å². The topological polar surface area (TPSA) is 185 Å². The summed E-state index contributed by atoms with van der Waals surface area (Å²) >= 11 is 0. The van der Waals surface area contributed by atoms with E-state index in [1.165, 1.54) is 0 Å². The van der Waals surface area contributed by atoms with Gasteiger partial charge in [0.25, 0.3) is 25.0 Å². The Morgan fingerprint density at radius 2 is 0.681 bits per heavy atom. The van der Waals surface area contributed by atoms with E-state index in [9.17, 15) is 28.8 Å². The standard InChI is InChI=1S/2C40H58O5Si2.C40H60O5Si2/c1-10-38(6)25-33(39(7)28(2)21-23-40(24-22-32(41)35(39)40)31-27-46(8,9)45-36(31)38)44-34(42)26-43-47(37(3,4)5,29-17-13-11-14-18-29)30-19-15-12-16-20-30;1-10-39-25-33(38(7)28(2)21-23-40(24-22-32(41)35(38)40)29(3)36(39)45-46(8,9)27-39)44-34(42)26-43-47(37(4,5)6,30-17-13-11-14-18-30)31-19-15-12-16-20-31;1-11-38(7)26-33(39(8)28(2)22-24-40(25-23-32(41)35(39)40)29(3)36(38)45-46(9)10)44-34(42)27-43-47(37(4,5)6,30-18-14-12-15-19-30)31-20-16-13-17-21-31/h11-20,28,31,33,35-36H,10,21-27H2,1-9H3;11-20,28-29,33,35-36H,10,21-27H2,1-9H3;12-21,28-29,33,35-36,46H,11,22-27H2,1-10H3/t28-,31+,33-,35?,36+,38-,39+,40-;28-,29+,33-,35?,36+,38+,39-,40-;28-,29+,33-,35?,36+,38-,39+,40-/m111/s1. The first-order valence-corrected chi connectivity index (χ1v) is 69.3. The molecular weight excluding hydrogens is 1850 g/mol. The molecule has 11 fully saturated rings. The van der Waals surface area contributed by atoms with Gasteiger partial charge in [-0.05, 0) is 262 Å². The summed E-state index contributed by atoms with van der Waals surface area (Å²) in [7, 11) is -14.0. The third-order valence-corrected chi connectivity index (χ3v) is 61.1. The van der Waals surface area contributed by atoms with E-state index in [1.54, 1.807) is 0 Å². The van der Waals surface area contributed by atoms with Gasteiger partial charge in [0.15, 0.2) is 25.7 Å². The van der Waals surface area contributed by atoms with Gasteiger partial charge in [0.2, 0.25) is 0 Å². The van der Waals surface area contributed by atoms with Crippen molar-refractivity contribution in [3.05, 3.63) is 182 Å². The number of rotatable bonds is 23. The summed E-state index contributed by atoms with van der Waals surface area (Å²) in [4.78, 5) is 85.3. The van der Waals surface area contributed by atoms with E-state index in [0.29, 0.717) is 61.3 Å². The Balaban J connectivity index is 0.000000160. The molecule has 17 rings (SSSR count). The zero-order chi connectivity index (χ0) is 103. The molecule has 6 aromatic rings. The summed E-state index contributed by atoms with van der Waals surface area (Å²) in [5.41, 5.74) is -2.04. The highest BCUT2D eigenvalue weighted by atomic mass is 28.4. The molecule has 6 bridgehead atoms. The molecule has 11 aliphatic rings. The molecule has 6 aromatic carbocycles. The quantitative estimate of drug-likeness (QED) is 0.0335. The van der Waals surface area contributed by atoms with Crippen LogP contribution in [0.15, 0.2) is 182 Å². The normalized spacial score (nSPS) is 35.9. The first kappa shape index (κ1) is 109. The van der Waals surface area contributed by atoms with Gasteiger partial charge in [-0.2, -0.15) is 0 Å². The van der Waals surface area contributed by atoms with Gasteiger partial charge >= 0.3 is 17.9 Å². The van der Waals surface area contributed by atoms with E-state index in [4.69, 9.17) is 40.8 Å². The summed E-state index contributed by atoms with van der Waals surface area (Å²) in [6, 6.07) is 64.9. The first-order chi connectivity index (χ1) is 66.2. The SMILES string of the molecule is CC[C@]1(C)C[C@@H](OC(=O)CO[Si](c2ccccc2)(c2ccccc2)C(C)(C)C)[C@@]2(C)C3C(=O)CC[C@]3(CC[C@H]2C)[C@@H](C)[C@@H]1O[SiH](C)C.CC[C@]1(C)C[C@@H](OC(=O)CO[Si](c2ccccc2)(c2ccccc2)C(C)(C)C)[C@@]2(C)C3C(=O)CC[C@]3(CC[C@H]2C)[C@H]2C[Si](C)(C)O[C@@H]21.CC[C@]12C[C@@H](OC(=O)CO[Si](c3ccccc3)(c3ccccc3)C(C)(C)C)[C@@]3(C)C4C(=O)CC[C@]4(CC[C@H]3C)[C@@H](C)[C@@H]1O[Si](C)(C)C2. The van der Waals surface area contributed by atoms with E-state index in [0.717, 1.165) is 127 Å². The van der Waals surface area contributed by atoms with E-state index in [-0.39, 0.29) is 157 Å². The Morgan fingerprint density at radius 1 is 0.390 bits per heavy atom. The monoisotopic (exact) mass is 2030 g/mol. The van der Waals surface area contributed by atoms with Crippen LogP contribution in [0.3, 0.4) is 0 Å². The highest BCUT2D eigenvalue weighted by molar-refractivity contribution is 7.01. The van der Waals surface area contributed by atoms with Crippen LogP contribution in [0.25, 0.3) is 0 Å². The van der Waals surface area contributed by atoms with Crippen molar-refractivity contribution in [2.45, 2.75) is 371 Å². The molecule has 2 saturated heterocycles. The van der Waals surface area contributed by atoms with E-state index in [2.05, 4.69) is 337 Å². The highest BCUT2D eigenvalue weighted by Crippen LogP contribution is 2.75. The van der Waals surface area contributed by atoms with Crippen LogP contribution in [0.5, 0.6) is 0 Å². The van der Waals surface area contributed by atoms with Gasteiger partial charge in [0, 0.05) is 53.3 Å². The van der Waals surface area contributed by atoms with Gasteiger partial charge in [0.1, 0.15) is 55.5 Å². The maximum absolute atomic E-state index is 14.4. The van der Waals surface area contributed by atoms with Crippen molar-refractivity contribution in [1.29, 1.82) is 0 Å². The predicted molar refractivity (Wildman–Crippen MR) is 584 cm³/mol. The minimum absolute atomic E-state index is 0.0279. The highest BCUT2D eigenvalue weighted by Gasteiger charge is 2.75. The molecule has 24 atom stereocenters. The Bertz CT molecular complexity index is 5100. The third-order valence-electron chi connectivity index (χ3n) is 40.6. The molecule has 21 heteroatoms. The van der Waals surface area contributed by atoms with Crippen LogP contribution in [0.1, 0.15) is 268 Å². The molecule has 0 amide bonds. The summed E-state index contributed by atoms with van der Waals surface area (Å²) in [5.74, 6) is 1.53. The Kier molecular flexibility index (Phi) is 31.2. The zero-order valence-electron chi connectivity index (χ0n) is 91.4. The number of esters is 3. The molecular formula is C120H176O15Si6. The molecule has 2 aliphatic heterocycles. The Hall–Kier alpha value is -6.20. The van der Waals surface area contributed by atoms with E-state index in [1.807, 2.05) is 36.4 Å². The lowest BCUT2D eigenvalue weighted by Gasteiger charge is -2.63. The van der Waals surface area contributed by atoms with Gasteiger partial charge in [-0.3, -0.25) is 14.4 Å². The molecule has 0 aromatic heterocycles. The number of fused-ring (bicyclic) bond motifs is 2. The fraction of sp³-hybridized carbons (Fsp3) is 0.650. The summed E-state index contributed by atoms with van der Waals surface area (Å²) in [6.07, 6.45) is 15.0. The van der Waals surface area contributed by atoms with Crippen molar-refractivity contribution in [1.82, 2.24) is 0 Å². The van der Waals surface area contributed by atoms with Gasteiger partial charge in [-0.15, -0.1) is 0 Å². The van der Waals surface area contributed by atoms with Crippen molar-refractivity contribution in [3.63, 3.8) is 0 Å². The zero-order valence-corrected chi connectivity index (χ0v) is 97.6. The minimum atomic E-state index is -2.93. The van der Waals surface area contributed by atoms with Crippen molar-refractivity contribution >= 4 is 117 Å². The molecule has 3 unspecified atom stereocenters. The Labute approximate surface area is 855 Å². The number of benzene rings is 6. The molecule has 2 heterocycles. The second-order valence-electron chi connectivity index (χ2n) is 52.2. The molecule has 141 heavy (non-hydrogen) atoms. The van der Waals surface area contributed by atoms with Crippen molar-refractivity contribution in [2.24, 2.45) is 102 Å². The largest absolute Gasteiger partial charge is 0.460 e. The van der Waals surface area contributed by atoms with Crippen molar-refractivity contribution in [3.8, 4) is 0 Å². The Morgan fingerprint density at radius 3 is 0.993 bits per heavy atom. The van der Waals surface area contributed by atoms with Crippen molar-refractivity contribution < 1.29 is 69.5 Å². The van der Waals surface area contributed by atoms with Crippen molar-refractivity contribution in [2.75, 3.05) is 19.8 Å². The second kappa shape index (κ2) is 40.4. The molecule has 0 N–H and O–H groups in total. The summed E-state index contributed by atoms with van der Waals surface area (Å²) < 4.78 is 62.8. The lowest BCUT2D eigenvalue weighted by molar-refractivity contribution is -0.210. The van der Waals surface area contributed by atoms with E-state index < -0.39 is 73.0 Å². The fourth-order valence-electron chi connectivity index (χ4n) is 32.8. The lowest BCUT2D eigenvalue weighted by atomic mass is 9.43. The molecule has 770 valence electrons. The van der Waals surface area contributed by atoms with Crippen LogP contribution in [0, 0.1) is 102 Å². The maximum atomic E-state index is 14.4. The smallest absolute Gasteiger partial charge is 0.331 e. The summed E-state index contributed by atoms with van der Waals surface area (Å²) in [6.45, 7) is 63.7. The number of hydrogen-bond acceptors (Lipinski definition) is 15. The third kappa shape index (κ3) is 18.8. The van der Waals surface area contributed by atoms with Gasteiger partial charge in [-0.25, -0.2) is 14.4 Å². The van der Waals surface area contributed by atoms with E-state index >= 15 is 0 Å². The molecule has 15 nitrogen and oxygen atoms in total. The van der Waals surface area contributed by atoms with Gasteiger partial charge < -0.3 is 40.8 Å². The van der Waals surface area contributed by atoms with Crippen LogP contribution in [0.2, 0.25) is 66.5 Å². The molecule has 0 radical (unpaired) electrons. The number of carbonyl (C=O) groups is 6. The van der Waals surface area contributed by atoms with Crippen LogP contribution >= 0.6 is 0 Å². The average molecular weight is 2030 g/mol. The lowest BCUT2D eigenvalue weighted by Crippen LogP contribution is -2.67. The number of ether oxygens (including phenoxy) is 3. The molecule has 9 aliphatic carbocycles. The minimum Gasteiger partial charge on any atom is -0.460 e. The number of hydrogen-bond donors (Lipinski definition) is 0. The average Bonchev–Trinajstić information content (AvgIpc) is 1.54. The van der Waals surface area contributed by atoms with Crippen LogP contribution < -0.4 is 31.1 Å². The molecule has 9 saturated carbocycles.